The molecule has 0 aliphatic heterocycles. The first-order valence-electron chi connectivity index (χ1n) is 7.65. The highest BCUT2D eigenvalue weighted by atomic mass is 16.5. The second-order valence-electron chi connectivity index (χ2n) is 5.22. The van der Waals surface area contributed by atoms with Crippen molar-refractivity contribution in [1.29, 1.82) is 0 Å². The molecule has 4 heteroatoms. The molecule has 0 aliphatic carbocycles. The van der Waals surface area contributed by atoms with Crippen LogP contribution >= 0.6 is 0 Å². The Labute approximate surface area is 140 Å². The maximum absolute atomic E-state index is 12.0. The number of rotatable bonds is 4. The van der Waals surface area contributed by atoms with Crippen molar-refractivity contribution in [3.8, 4) is 0 Å². The molecule has 24 heavy (non-hydrogen) atoms. The highest BCUT2D eigenvalue weighted by molar-refractivity contribution is 6.00. The molecule has 118 valence electrons. The Bertz CT molecular complexity index is 947. The average molecular weight is 316 g/mol. The normalized spacial score (nSPS) is 11.2. The van der Waals surface area contributed by atoms with E-state index in [1.807, 2.05) is 48.5 Å². The number of hydrogen-bond acceptors (Lipinski definition) is 2. The van der Waals surface area contributed by atoms with Crippen LogP contribution in [0.1, 0.15) is 18.1 Å². The van der Waals surface area contributed by atoms with Crippen molar-refractivity contribution in [2.45, 2.75) is 6.92 Å². The van der Waals surface area contributed by atoms with Crippen molar-refractivity contribution < 1.29 is 9.53 Å². The number of aromatic amines is 1. The van der Waals surface area contributed by atoms with Crippen LogP contribution in [0.2, 0.25) is 0 Å². The topological polar surface area (TPSA) is 46.5 Å². The molecule has 0 atom stereocenters. The summed E-state index contributed by atoms with van der Waals surface area (Å²) in [4.78, 5) is 18.6. The maximum Gasteiger partial charge on any atom is 0.331 e. The van der Waals surface area contributed by atoms with Gasteiger partial charge in [-0.05, 0) is 29.7 Å². The van der Waals surface area contributed by atoms with E-state index in [0.29, 0.717) is 12.3 Å². The van der Waals surface area contributed by atoms with Crippen molar-refractivity contribution in [2.24, 2.45) is 0 Å². The van der Waals surface area contributed by atoms with Gasteiger partial charge in [0.05, 0.1) is 13.2 Å². The molecule has 2 aromatic carbocycles. The highest BCUT2D eigenvalue weighted by Gasteiger charge is 2.11. The number of ether oxygens (including phenoxy) is 1. The molecule has 1 N–H and O–H groups in total. The smallest absolute Gasteiger partial charge is 0.331 e. The van der Waals surface area contributed by atoms with Gasteiger partial charge in [0.2, 0.25) is 5.69 Å². The van der Waals surface area contributed by atoms with Gasteiger partial charge in [0.15, 0.2) is 0 Å². The predicted molar refractivity (Wildman–Crippen MR) is 94.7 cm³/mol. The summed E-state index contributed by atoms with van der Waals surface area (Å²) in [5, 5.41) is 0.841. The molecule has 0 saturated carbocycles. The fourth-order valence-corrected chi connectivity index (χ4v) is 2.62. The zero-order valence-corrected chi connectivity index (χ0v) is 13.2. The molecule has 0 unspecified atom stereocenters. The molecule has 0 bridgehead atoms. The molecule has 4 nitrogen and oxygen atoms in total. The van der Waals surface area contributed by atoms with E-state index in [1.54, 1.807) is 13.1 Å². The average Bonchev–Trinajstić information content (AvgIpc) is 3.03. The molecule has 0 radical (unpaired) electrons. The summed E-state index contributed by atoms with van der Waals surface area (Å²) in [6.45, 7) is 9.38. The van der Waals surface area contributed by atoms with Gasteiger partial charge >= 0.3 is 5.97 Å². The van der Waals surface area contributed by atoms with Crippen LogP contribution in [0.15, 0.2) is 60.8 Å². The van der Waals surface area contributed by atoms with Crippen molar-refractivity contribution in [2.75, 3.05) is 6.61 Å². The van der Waals surface area contributed by atoms with E-state index in [0.717, 1.165) is 27.6 Å². The minimum absolute atomic E-state index is 0.329. The number of aromatic nitrogens is 1. The summed E-state index contributed by atoms with van der Waals surface area (Å²) in [5.74, 6) is -0.379. The van der Waals surface area contributed by atoms with Crippen LogP contribution < -0.4 is 0 Å². The Balaban J connectivity index is 2.15. The van der Waals surface area contributed by atoms with Gasteiger partial charge in [-0.2, -0.15) is 0 Å². The zero-order valence-electron chi connectivity index (χ0n) is 13.2. The van der Waals surface area contributed by atoms with E-state index in [9.17, 15) is 4.79 Å². The SMILES string of the molecule is [C-]#[N+]c1c[nH]c2ccc(/C(=C\C(=O)OCC)c3ccccc3)cc12. The van der Waals surface area contributed by atoms with Crippen LogP contribution in [-0.4, -0.2) is 17.6 Å². The first-order valence-corrected chi connectivity index (χ1v) is 7.65. The lowest BCUT2D eigenvalue weighted by atomic mass is 9.96. The van der Waals surface area contributed by atoms with E-state index in [2.05, 4.69) is 9.83 Å². The lowest BCUT2D eigenvalue weighted by Crippen LogP contribution is -2.01. The van der Waals surface area contributed by atoms with E-state index in [4.69, 9.17) is 11.3 Å². The van der Waals surface area contributed by atoms with E-state index in [1.165, 1.54) is 6.08 Å². The Kier molecular flexibility index (Phi) is 4.44. The number of nitrogens with zero attached hydrogens (tertiary/aromatic N) is 1. The highest BCUT2D eigenvalue weighted by Crippen LogP contribution is 2.31. The van der Waals surface area contributed by atoms with Crippen LogP contribution in [0.5, 0.6) is 0 Å². The second kappa shape index (κ2) is 6.84. The fourth-order valence-electron chi connectivity index (χ4n) is 2.62. The summed E-state index contributed by atoms with van der Waals surface area (Å²) in [6.07, 6.45) is 3.20. The van der Waals surface area contributed by atoms with E-state index < -0.39 is 0 Å². The minimum atomic E-state index is -0.379. The largest absolute Gasteiger partial charge is 0.463 e. The molecule has 3 rings (SSSR count). The number of carbonyl (C=O) groups excluding carboxylic acids is 1. The number of hydrogen-bond donors (Lipinski definition) is 1. The molecule has 0 spiro atoms. The molecule has 0 saturated heterocycles. The van der Waals surface area contributed by atoms with Gasteiger partial charge < -0.3 is 9.72 Å². The summed E-state index contributed by atoms with van der Waals surface area (Å²) in [7, 11) is 0. The Morgan fingerprint density at radius 1 is 1.21 bits per heavy atom. The molecular weight excluding hydrogens is 300 g/mol. The van der Waals surface area contributed by atoms with Gasteiger partial charge in [-0.1, -0.05) is 42.5 Å². The van der Waals surface area contributed by atoms with E-state index in [-0.39, 0.29) is 5.97 Å². The summed E-state index contributed by atoms with van der Waals surface area (Å²) < 4.78 is 5.06. The Morgan fingerprint density at radius 3 is 2.71 bits per heavy atom. The molecule has 0 amide bonds. The Hall–Kier alpha value is -3.32. The van der Waals surface area contributed by atoms with Gasteiger partial charge in [-0.15, -0.1) is 0 Å². The van der Waals surface area contributed by atoms with Gasteiger partial charge in [0, 0.05) is 23.2 Å². The first kappa shape index (κ1) is 15.6. The predicted octanol–water partition coefficient (Wildman–Crippen LogP) is 4.71. The van der Waals surface area contributed by atoms with Crippen LogP contribution in [0.3, 0.4) is 0 Å². The molecule has 0 aliphatic rings. The van der Waals surface area contributed by atoms with Crippen molar-refractivity contribution in [3.05, 3.63) is 83.3 Å². The van der Waals surface area contributed by atoms with E-state index >= 15 is 0 Å². The monoisotopic (exact) mass is 316 g/mol. The fraction of sp³-hybridized carbons (Fsp3) is 0.100. The minimum Gasteiger partial charge on any atom is -0.463 e. The number of esters is 1. The second-order valence-corrected chi connectivity index (χ2v) is 5.22. The summed E-state index contributed by atoms with van der Waals surface area (Å²) in [6, 6.07) is 15.5. The third kappa shape index (κ3) is 3.06. The third-order valence-corrected chi connectivity index (χ3v) is 3.72. The molecular formula is C20H16N2O2. The number of fused-ring (bicyclic) bond motifs is 1. The van der Waals surface area contributed by atoms with Crippen molar-refractivity contribution in [3.63, 3.8) is 0 Å². The van der Waals surface area contributed by atoms with Crippen molar-refractivity contribution >= 4 is 28.1 Å². The number of H-pyrrole nitrogens is 1. The van der Waals surface area contributed by atoms with Crippen LogP contribution in [0.4, 0.5) is 5.69 Å². The maximum atomic E-state index is 12.0. The molecule has 1 aromatic heterocycles. The van der Waals surface area contributed by atoms with Crippen LogP contribution in [-0.2, 0) is 9.53 Å². The third-order valence-electron chi connectivity index (χ3n) is 3.72. The molecule has 3 aromatic rings. The lowest BCUT2D eigenvalue weighted by molar-refractivity contribution is -0.137. The number of nitrogens with one attached hydrogen (secondary N) is 1. The Morgan fingerprint density at radius 2 is 2.00 bits per heavy atom. The van der Waals surface area contributed by atoms with Crippen molar-refractivity contribution in [1.82, 2.24) is 4.98 Å². The zero-order chi connectivity index (χ0) is 16.9. The quantitative estimate of drug-likeness (QED) is 0.430. The van der Waals surface area contributed by atoms with Gasteiger partial charge in [-0.25, -0.2) is 9.64 Å². The molecule has 0 fully saturated rings. The van der Waals surface area contributed by atoms with Gasteiger partial charge in [0.1, 0.15) is 0 Å². The summed E-state index contributed by atoms with van der Waals surface area (Å²) in [5.41, 5.74) is 4.02. The summed E-state index contributed by atoms with van der Waals surface area (Å²) >= 11 is 0. The van der Waals surface area contributed by atoms with Gasteiger partial charge in [0.25, 0.3) is 0 Å². The standard InChI is InChI=1S/C20H16N2O2/c1-3-24-20(23)12-16(14-7-5-4-6-8-14)15-9-10-18-17(11-15)19(21-2)13-22-18/h4-13,22H,3H2,1H3/b16-12-. The lowest BCUT2D eigenvalue weighted by Gasteiger charge is -2.09. The number of benzene rings is 2. The first-order chi connectivity index (χ1) is 11.7. The van der Waals surface area contributed by atoms with Crippen LogP contribution in [0, 0.1) is 6.57 Å². The van der Waals surface area contributed by atoms with Gasteiger partial charge in [-0.3, -0.25) is 0 Å². The molecule has 1 heterocycles. The van der Waals surface area contributed by atoms with Crippen LogP contribution in [0.25, 0.3) is 21.3 Å². The number of carbonyl (C=O) groups is 1.